The molecular formula is C67H43NS2. The molecule has 70 heavy (non-hydrogen) atoms. The number of anilines is 3. The Morgan fingerprint density at radius 3 is 1.33 bits per heavy atom. The van der Waals surface area contributed by atoms with E-state index < -0.39 is 5.41 Å². The smallest absolute Gasteiger partial charge is 0.0713 e. The van der Waals surface area contributed by atoms with Gasteiger partial charge in [-0.2, -0.15) is 0 Å². The van der Waals surface area contributed by atoms with E-state index in [1.54, 1.807) is 0 Å². The van der Waals surface area contributed by atoms with Gasteiger partial charge in [0.15, 0.2) is 0 Å². The first-order chi connectivity index (χ1) is 34.7. The maximum absolute atomic E-state index is 2.42. The molecule has 14 rings (SSSR count). The number of rotatable bonds is 8. The molecule has 1 nitrogen and oxygen atoms in total. The van der Waals surface area contributed by atoms with Crippen LogP contribution in [0.5, 0.6) is 0 Å². The Kier molecular flexibility index (Phi) is 9.55. The third-order valence-electron chi connectivity index (χ3n) is 14.6. The largest absolute Gasteiger partial charge is 0.310 e. The van der Waals surface area contributed by atoms with Gasteiger partial charge in [-0.3, -0.25) is 0 Å². The second-order valence-corrected chi connectivity index (χ2v) is 20.5. The minimum atomic E-state index is -0.461. The average molecular weight is 926 g/mol. The maximum Gasteiger partial charge on any atom is 0.0713 e. The summed E-state index contributed by atoms with van der Waals surface area (Å²) >= 11 is 3.73. The number of benzene rings is 11. The first-order valence-electron chi connectivity index (χ1n) is 24.0. The number of nitrogens with zero attached hydrogens (tertiary/aromatic N) is 1. The zero-order valence-electron chi connectivity index (χ0n) is 38.1. The predicted octanol–water partition coefficient (Wildman–Crippen LogP) is 19.3. The van der Waals surface area contributed by atoms with Crippen LogP contribution in [0.3, 0.4) is 0 Å². The summed E-state index contributed by atoms with van der Waals surface area (Å²) < 4.78 is 5.30. The van der Waals surface area contributed by atoms with E-state index in [4.69, 9.17) is 0 Å². The molecule has 2 aromatic heterocycles. The van der Waals surface area contributed by atoms with Crippen molar-refractivity contribution in [3.8, 4) is 44.5 Å². The van der Waals surface area contributed by atoms with Crippen LogP contribution in [-0.2, 0) is 5.41 Å². The highest BCUT2D eigenvalue weighted by Gasteiger charge is 2.46. The van der Waals surface area contributed by atoms with Crippen molar-refractivity contribution < 1.29 is 0 Å². The molecule has 0 radical (unpaired) electrons. The molecule has 0 aliphatic heterocycles. The number of thiophene rings is 2. The van der Waals surface area contributed by atoms with Crippen LogP contribution in [0.15, 0.2) is 261 Å². The summed E-state index contributed by atoms with van der Waals surface area (Å²) in [6.07, 6.45) is 0. The van der Waals surface area contributed by atoms with E-state index in [1.807, 2.05) is 22.7 Å². The fraction of sp³-hybridized carbons (Fsp3) is 0.0149. The van der Waals surface area contributed by atoms with Gasteiger partial charge < -0.3 is 4.90 Å². The molecular weight excluding hydrogens is 883 g/mol. The molecule has 11 aromatic carbocycles. The summed E-state index contributed by atoms with van der Waals surface area (Å²) in [6.45, 7) is 0. The van der Waals surface area contributed by atoms with Gasteiger partial charge in [-0.05, 0) is 133 Å². The Morgan fingerprint density at radius 2 is 0.686 bits per heavy atom. The van der Waals surface area contributed by atoms with Gasteiger partial charge >= 0.3 is 0 Å². The maximum atomic E-state index is 2.42. The van der Waals surface area contributed by atoms with Crippen LogP contribution in [-0.4, -0.2) is 0 Å². The molecule has 2 heterocycles. The Hall–Kier alpha value is -8.34. The van der Waals surface area contributed by atoms with Crippen LogP contribution in [0.1, 0.15) is 22.3 Å². The summed E-state index contributed by atoms with van der Waals surface area (Å²) in [4.78, 5) is 2.42. The molecule has 0 spiro atoms. The summed E-state index contributed by atoms with van der Waals surface area (Å²) in [7, 11) is 0. The Morgan fingerprint density at radius 1 is 0.257 bits per heavy atom. The van der Waals surface area contributed by atoms with Crippen molar-refractivity contribution in [3.63, 3.8) is 0 Å². The van der Waals surface area contributed by atoms with E-state index >= 15 is 0 Å². The highest BCUT2D eigenvalue weighted by atomic mass is 32.1. The van der Waals surface area contributed by atoms with Crippen molar-refractivity contribution in [3.05, 3.63) is 283 Å². The monoisotopic (exact) mass is 925 g/mol. The molecule has 1 aliphatic rings. The lowest BCUT2D eigenvalue weighted by atomic mass is 9.68. The molecule has 0 bridgehead atoms. The van der Waals surface area contributed by atoms with E-state index in [9.17, 15) is 0 Å². The second-order valence-electron chi connectivity index (χ2n) is 18.4. The van der Waals surface area contributed by atoms with Gasteiger partial charge in [0, 0.05) is 57.4 Å². The standard InChI is InChI=1S/C67H43NS2/c1-3-13-50(14-4-1)67(51-15-5-2-6-16-51)61-20-10-7-17-55(61)59-43-54(37-39-62(59)67)68(53-35-29-47(30-36-53)49-31-38-58-56-18-8-11-21-63(56)70-66(58)42-49)52-33-27-45(28-34-52)44-23-25-46(26-24-44)48-32-40-65-60(41-48)57-19-9-12-22-64(57)69-65/h1-43H. The Bertz CT molecular complexity index is 4050. The van der Waals surface area contributed by atoms with E-state index in [0.717, 1.165) is 17.1 Å². The third-order valence-corrected chi connectivity index (χ3v) is 16.9. The molecule has 0 atom stereocenters. The Balaban J connectivity index is 0.864. The lowest BCUT2D eigenvalue weighted by Gasteiger charge is -2.34. The van der Waals surface area contributed by atoms with Crippen LogP contribution in [0.25, 0.3) is 84.9 Å². The molecule has 0 amide bonds. The molecule has 0 saturated heterocycles. The second kappa shape index (κ2) is 16.4. The number of fused-ring (bicyclic) bond motifs is 9. The van der Waals surface area contributed by atoms with Crippen molar-refractivity contribution in [1.29, 1.82) is 0 Å². The number of hydrogen-bond acceptors (Lipinski definition) is 3. The van der Waals surface area contributed by atoms with Crippen LogP contribution in [0.2, 0.25) is 0 Å². The van der Waals surface area contributed by atoms with Crippen molar-refractivity contribution in [2.24, 2.45) is 0 Å². The van der Waals surface area contributed by atoms with E-state index in [-0.39, 0.29) is 0 Å². The molecule has 13 aromatic rings. The van der Waals surface area contributed by atoms with E-state index in [0.29, 0.717) is 0 Å². The highest BCUT2D eigenvalue weighted by molar-refractivity contribution is 7.26. The van der Waals surface area contributed by atoms with Gasteiger partial charge in [-0.1, -0.05) is 194 Å². The highest BCUT2D eigenvalue weighted by Crippen LogP contribution is 2.57. The molecule has 0 unspecified atom stereocenters. The Labute approximate surface area is 415 Å². The molecule has 0 saturated carbocycles. The molecule has 328 valence electrons. The first kappa shape index (κ1) is 40.7. The topological polar surface area (TPSA) is 3.24 Å². The summed E-state index contributed by atoms with van der Waals surface area (Å²) in [5.74, 6) is 0. The first-order valence-corrected chi connectivity index (χ1v) is 25.6. The zero-order chi connectivity index (χ0) is 46.2. The van der Waals surface area contributed by atoms with Crippen LogP contribution >= 0.6 is 22.7 Å². The van der Waals surface area contributed by atoms with Gasteiger partial charge in [0.1, 0.15) is 0 Å². The van der Waals surface area contributed by atoms with Crippen molar-refractivity contribution in [1.82, 2.24) is 0 Å². The van der Waals surface area contributed by atoms with Crippen molar-refractivity contribution in [2.45, 2.75) is 5.41 Å². The summed E-state index contributed by atoms with van der Waals surface area (Å²) in [5, 5.41) is 5.29. The normalized spacial score (nSPS) is 12.7. The van der Waals surface area contributed by atoms with Crippen LogP contribution < -0.4 is 4.90 Å². The van der Waals surface area contributed by atoms with Crippen LogP contribution in [0, 0.1) is 0 Å². The summed E-state index contributed by atoms with van der Waals surface area (Å²) in [5.41, 5.74) is 17.7. The van der Waals surface area contributed by atoms with E-state index in [1.165, 1.54) is 107 Å². The van der Waals surface area contributed by atoms with Gasteiger partial charge in [0.2, 0.25) is 0 Å². The molecule has 1 aliphatic carbocycles. The lowest BCUT2D eigenvalue weighted by Crippen LogP contribution is -2.28. The van der Waals surface area contributed by atoms with Gasteiger partial charge in [0.05, 0.1) is 5.41 Å². The zero-order valence-corrected chi connectivity index (χ0v) is 39.7. The molecule has 0 N–H and O–H groups in total. The van der Waals surface area contributed by atoms with Gasteiger partial charge in [-0.15, -0.1) is 22.7 Å². The fourth-order valence-corrected chi connectivity index (χ4v) is 13.5. The van der Waals surface area contributed by atoms with Crippen molar-refractivity contribution in [2.75, 3.05) is 4.90 Å². The molecule has 3 heteroatoms. The van der Waals surface area contributed by atoms with Crippen LogP contribution in [0.4, 0.5) is 17.1 Å². The number of hydrogen-bond donors (Lipinski definition) is 0. The third kappa shape index (κ3) is 6.50. The van der Waals surface area contributed by atoms with Crippen molar-refractivity contribution >= 4 is 80.1 Å². The quantitative estimate of drug-likeness (QED) is 0.147. The lowest BCUT2D eigenvalue weighted by molar-refractivity contribution is 0.768. The van der Waals surface area contributed by atoms with E-state index in [2.05, 4.69) is 266 Å². The van der Waals surface area contributed by atoms with Gasteiger partial charge in [-0.25, -0.2) is 0 Å². The summed E-state index contributed by atoms with van der Waals surface area (Å²) in [6, 6.07) is 96.8. The average Bonchev–Trinajstić information content (AvgIpc) is 4.10. The minimum Gasteiger partial charge on any atom is -0.310 e. The SMILES string of the molecule is c1ccc(C2(c3ccccc3)c3ccccc3-c3cc(N(c4ccc(-c5ccc(-c6ccc7sc8ccccc8c7c6)cc5)cc4)c4ccc(-c5ccc6c(c5)sc5ccccc56)cc4)ccc32)cc1. The predicted molar refractivity (Wildman–Crippen MR) is 301 cm³/mol. The molecule has 0 fully saturated rings. The minimum absolute atomic E-state index is 0.461. The van der Waals surface area contributed by atoms with Gasteiger partial charge in [0.25, 0.3) is 0 Å². The fourth-order valence-electron chi connectivity index (χ4n) is 11.3.